The maximum Gasteiger partial charge on any atom is 0.410 e. The Morgan fingerprint density at radius 2 is 1.88 bits per heavy atom. The van der Waals surface area contributed by atoms with Crippen LogP contribution in [0.25, 0.3) is 22.3 Å². The Kier molecular flexibility index (Phi) is 7.42. The van der Waals surface area contributed by atoms with Gasteiger partial charge in [-0.2, -0.15) is 5.26 Å². The van der Waals surface area contributed by atoms with Crippen molar-refractivity contribution in [3.8, 4) is 23.2 Å². The number of aromatic nitrogens is 6. The van der Waals surface area contributed by atoms with Crippen LogP contribution in [0.1, 0.15) is 70.1 Å². The minimum absolute atomic E-state index is 0.0396. The Labute approximate surface area is 250 Å². The summed E-state index contributed by atoms with van der Waals surface area (Å²) < 4.78 is 16.2. The summed E-state index contributed by atoms with van der Waals surface area (Å²) in [7, 11) is 0. The Balaban J connectivity index is 1.32. The van der Waals surface area contributed by atoms with Crippen LogP contribution in [0.4, 0.5) is 4.79 Å². The number of rotatable bonds is 6. The van der Waals surface area contributed by atoms with E-state index in [1.165, 1.54) is 0 Å². The molecule has 1 atom stereocenters. The summed E-state index contributed by atoms with van der Waals surface area (Å²) in [4.78, 5) is 25.3. The largest absolute Gasteiger partial charge is 0.482 e. The lowest BCUT2D eigenvalue weighted by atomic mass is 10.0. The topological polar surface area (TPSA) is 127 Å². The Hall–Kier alpha value is -4.66. The van der Waals surface area contributed by atoms with Crippen LogP contribution in [0.3, 0.4) is 0 Å². The molecule has 0 unspecified atom stereocenters. The van der Waals surface area contributed by atoms with Gasteiger partial charge in [-0.25, -0.2) is 14.5 Å². The molecule has 0 saturated carbocycles. The van der Waals surface area contributed by atoms with Crippen molar-refractivity contribution in [3.63, 3.8) is 0 Å². The zero-order valence-electron chi connectivity index (χ0n) is 25.3. The highest BCUT2D eigenvalue weighted by Crippen LogP contribution is 2.38. The van der Waals surface area contributed by atoms with E-state index in [2.05, 4.69) is 26.1 Å². The van der Waals surface area contributed by atoms with Crippen LogP contribution in [0, 0.1) is 18.4 Å². The molecule has 0 bridgehead atoms. The molecule has 224 valence electrons. The van der Waals surface area contributed by atoms with Crippen LogP contribution in [-0.4, -0.2) is 77.2 Å². The normalized spacial score (nSPS) is 17.0. The number of fused-ring (bicyclic) bond motifs is 1. The van der Waals surface area contributed by atoms with E-state index in [4.69, 9.17) is 14.5 Å². The first-order valence-electron chi connectivity index (χ1n) is 14.7. The van der Waals surface area contributed by atoms with E-state index >= 15 is 0 Å². The van der Waals surface area contributed by atoms with Crippen molar-refractivity contribution in [1.29, 1.82) is 5.26 Å². The monoisotopic (exact) mass is 583 g/mol. The fourth-order valence-corrected chi connectivity index (χ4v) is 5.78. The van der Waals surface area contributed by atoms with E-state index < -0.39 is 5.60 Å². The van der Waals surface area contributed by atoms with E-state index in [1.54, 1.807) is 16.0 Å². The van der Waals surface area contributed by atoms with E-state index in [9.17, 15) is 10.1 Å². The van der Waals surface area contributed by atoms with Gasteiger partial charge in [0.25, 0.3) is 0 Å². The van der Waals surface area contributed by atoms with Gasteiger partial charge in [-0.3, -0.25) is 4.98 Å². The van der Waals surface area contributed by atoms with Crippen molar-refractivity contribution in [1.82, 2.24) is 39.3 Å². The number of ether oxygens (including phenoxy) is 2. The molecule has 1 amide bonds. The first kappa shape index (κ1) is 28.5. The smallest absolute Gasteiger partial charge is 0.410 e. The van der Waals surface area contributed by atoms with E-state index in [-0.39, 0.29) is 24.3 Å². The van der Waals surface area contributed by atoms with Gasteiger partial charge in [-0.1, -0.05) is 11.3 Å². The summed E-state index contributed by atoms with van der Waals surface area (Å²) in [5.74, 6) is 0.662. The van der Waals surface area contributed by atoms with Crippen LogP contribution in [0.5, 0.6) is 5.75 Å². The predicted octanol–water partition coefficient (Wildman–Crippen LogP) is 5.05. The van der Waals surface area contributed by atoms with Gasteiger partial charge in [0.1, 0.15) is 28.7 Å². The lowest BCUT2D eigenvalue weighted by Gasteiger charge is -2.40. The van der Waals surface area contributed by atoms with Gasteiger partial charge in [-0.05, 0) is 71.7 Å². The molecular formula is C31H37N9O3. The molecule has 0 radical (unpaired) electrons. The van der Waals surface area contributed by atoms with Crippen molar-refractivity contribution in [3.05, 3.63) is 54.2 Å². The summed E-state index contributed by atoms with van der Waals surface area (Å²) in [6.07, 6.45) is 6.88. The fraction of sp³-hybridized carbons (Fsp3) is 0.484. The number of amides is 1. The molecule has 1 aromatic carbocycles. The second-order valence-corrected chi connectivity index (χ2v) is 12.3. The van der Waals surface area contributed by atoms with E-state index in [0.29, 0.717) is 18.8 Å². The summed E-state index contributed by atoms with van der Waals surface area (Å²) in [5.41, 5.74) is 4.50. The van der Waals surface area contributed by atoms with Crippen LogP contribution >= 0.6 is 0 Å². The standard InChI is InChI=1S/C31H37N9O3/c1-20-28(35-36-40(20)23-9-12-37(18-32)13-10-23)22-14-26-29(27(15-22)42-21(2)25-8-6-7-11-33-25)39(19-34-26)24-16-38(17-24)30(41)43-31(3,4)5/h6-8,11,14-15,19,21,23-24H,9-10,12-13,16-17H2,1-5H3/t21-/m1/s1. The Morgan fingerprint density at radius 1 is 1.12 bits per heavy atom. The SMILES string of the molecule is Cc1c(-c2cc(O[C@H](C)c3ccccn3)c3c(c2)ncn3C2CN(C(=O)OC(C)(C)C)C2)nnn1C1CCN(C#N)CC1. The highest BCUT2D eigenvalue weighted by atomic mass is 16.6. The Morgan fingerprint density at radius 3 is 2.56 bits per heavy atom. The molecule has 2 fully saturated rings. The molecule has 12 heteroatoms. The third kappa shape index (κ3) is 5.71. The van der Waals surface area contributed by atoms with Gasteiger partial charge < -0.3 is 23.8 Å². The van der Waals surface area contributed by atoms with Crippen LogP contribution in [0.2, 0.25) is 0 Å². The number of nitrogens with zero attached hydrogens (tertiary/aromatic N) is 9. The lowest BCUT2D eigenvalue weighted by molar-refractivity contribution is 0.00147. The molecule has 2 aliphatic heterocycles. The van der Waals surface area contributed by atoms with Gasteiger partial charge in [0.15, 0.2) is 6.19 Å². The molecule has 5 heterocycles. The number of nitriles is 1. The first-order valence-corrected chi connectivity index (χ1v) is 14.7. The number of hydrogen-bond donors (Lipinski definition) is 0. The van der Waals surface area contributed by atoms with E-state index in [1.807, 2.05) is 76.0 Å². The van der Waals surface area contributed by atoms with Crippen molar-refractivity contribution in [2.24, 2.45) is 0 Å². The minimum atomic E-state index is -0.545. The molecule has 43 heavy (non-hydrogen) atoms. The molecular weight excluding hydrogens is 546 g/mol. The highest BCUT2D eigenvalue weighted by Gasteiger charge is 2.36. The van der Waals surface area contributed by atoms with Crippen molar-refractivity contribution in [2.75, 3.05) is 26.2 Å². The number of carbonyl (C=O) groups excluding carboxylic acids is 1. The number of carbonyl (C=O) groups is 1. The number of hydrogen-bond acceptors (Lipinski definition) is 9. The molecule has 2 saturated heterocycles. The zero-order valence-corrected chi connectivity index (χ0v) is 25.3. The fourth-order valence-electron chi connectivity index (χ4n) is 5.78. The second-order valence-electron chi connectivity index (χ2n) is 12.3. The molecule has 3 aromatic heterocycles. The highest BCUT2D eigenvalue weighted by molar-refractivity contribution is 5.88. The number of benzene rings is 1. The maximum atomic E-state index is 12.6. The number of pyridine rings is 1. The van der Waals surface area contributed by atoms with Gasteiger partial charge in [0.05, 0.1) is 35.3 Å². The number of likely N-dealkylation sites (tertiary alicyclic amines) is 2. The second kappa shape index (κ2) is 11.2. The minimum Gasteiger partial charge on any atom is -0.482 e. The first-order chi connectivity index (χ1) is 20.6. The summed E-state index contributed by atoms with van der Waals surface area (Å²) in [5, 5.41) is 18.3. The number of imidazole rings is 1. The molecule has 12 nitrogen and oxygen atoms in total. The van der Waals surface area contributed by atoms with Gasteiger partial charge in [-0.15, -0.1) is 5.10 Å². The maximum absolute atomic E-state index is 12.6. The zero-order chi connectivity index (χ0) is 30.3. The van der Waals surface area contributed by atoms with Crippen molar-refractivity contribution >= 4 is 17.1 Å². The molecule has 0 spiro atoms. The van der Waals surface area contributed by atoms with Gasteiger partial charge >= 0.3 is 6.09 Å². The van der Waals surface area contributed by atoms with Gasteiger partial charge in [0, 0.05) is 37.9 Å². The number of piperidine rings is 1. The molecule has 6 rings (SSSR count). The van der Waals surface area contributed by atoms with Crippen LogP contribution in [0.15, 0.2) is 42.9 Å². The molecule has 0 N–H and O–H groups in total. The average molecular weight is 584 g/mol. The van der Waals surface area contributed by atoms with Crippen LogP contribution < -0.4 is 4.74 Å². The quantitative estimate of drug-likeness (QED) is 0.287. The third-order valence-electron chi connectivity index (χ3n) is 8.10. The Bertz CT molecular complexity index is 1650. The molecule has 0 aliphatic carbocycles. The predicted molar refractivity (Wildman–Crippen MR) is 159 cm³/mol. The summed E-state index contributed by atoms with van der Waals surface area (Å²) >= 11 is 0. The molecule has 2 aliphatic rings. The summed E-state index contributed by atoms with van der Waals surface area (Å²) in [6, 6.07) is 10.0. The van der Waals surface area contributed by atoms with Gasteiger partial charge in [0.2, 0.25) is 0 Å². The van der Waals surface area contributed by atoms with E-state index in [0.717, 1.165) is 59.6 Å². The molecule has 4 aromatic rings. The third-order valence-corrected chi connectivity index (χ3v) is 8.10. The van der Waals surface area contributed by atoms with Crippen molar-refractivity contribution in [2.45, 2.75) is 71.2 Å². The van der Waals surface area contributed by atoms with Crippen molar-refractivity contribution < 1.29 is 14.3 Å². The lowest BCUT2D eigenvalue weighted by Crippen LogP contribution is -2.52. The average Bonchev–Trinajstić information content (AvgIpc) is 3.55. The summed E-state index contributed by atoms with van der Waals surface area (Å²) in [6.45, 7) is 12.1. The van der Waals surface area contributed by atoms with Crippen LogP contribution in [-0.2, 0) is 4.74 Å².